The van der Waals surface area contributed by atoms with Gasteiger partial charge in [-0.05, 0) is 31.0 Å². The Labute approximate surface area is 124 Å². The first-order valence-corrected chi connectivity index (χ1v) is 7.01. The van der Waals surface area contributed by atoms with E-state index in [1.807, 2.05) is 30.3 Å². The smallest absolute Gasteiger partial charge is 0.100 e. The molecule has 0 radical (unpaired) electrons. The summed E-state index contributed by atoms with van der Waals surface area (Å²) in [5.74, 6) is 0. The molecule has 0 aliphatic rings. The number of aromatic nitrogens is 3. The standard InChI is InChI=1S/C17H18N4/c1-13-7-9-14(10-8-13)11-16(18)17-12-19-21(20-17)15-5-3-2-4-6-15/h2-10,12,16H,11,18H2,1H3. The highest BCUT2D eigenvalue weighted by Gasteiger charge is 2.12. The number of nitrogens with zero attached hydrogens (tertiary/aromatic N) is 3. The summed E-state index contributed by atoms with van der Waals surface area (Å²) in [6, 6.07) is 18.1. The largest absolute Gasteiger partial charge is 0.322 e. The molecule has 0 fully saturated rings. The van der Waals surface area contributed by atoms with Crippen LogP contribution in [0.25, 0.3) is 5.69 Å². The minimum absolute atomic E-state index is 0.148. The lowest BCUT2D eigenvalue weighted by Crippen LogP contribution is -2.14. The molecule has 1 unspecified atom stereocenters. The van der Waals surface area contributed by atoms with Crippen molar-refractivity contribution < 1.29 is 0 Å². The highest BCUT2D eigenvalue weighted by molar-refractivity contribution is 5.29. The number of nitrogens with two attached hydrogens (primary N) is 1. The van der Waals surface area contributed by atoms with Gasteiger partial charge in [0.05, 0.1) is 17.9 Å². The van der Waals surface area contributed by atoms with E-state index in [0.717, 1.165) is 17.8 Å². The highest BCUT2D eigenvalue weighted by atomic mass is 15.5. The van der Waals surface area contributed by atoms with E-state index < -0.39 is 0 Å². The average Bonchev–Trinajstić information content (AvgIpc) is 3.00. The quantitative estimate of drug-likeness (QED) is 0.798. The van der Waals surface area contributed by atoms with E-state index >= 15 is 0 Å². The summed E-state index contributed by atoms with van der Waals surface area (Å²) in [5.41, 5.74) is 10.4. The van der Waals surface area contributed by atoms with Crippen molar-refractivity contribution >= 4 is 0 Å². The fraction of sp³-hybridized carbons (Fsp3) is 0.176. The molecule has 4 heteroatoms. The van der Waals surface area contributed by atoms with Crippen LogP contribution in [0.5, 0.6) is 0 Å². The van der Waals surface area contributed by atoms with E-state index in [4.69, 9.17) is 5.73 Å². The van der Waals surface area contributed by atoms with Gasteiger partial charge in [-0.1, -0.05) is 48.0 Å². The Bertz CT molecular complexity index is 701. The second-order valence-electron chi connectivity index (χ2n) is 5.19. The van der Waals surface area contributed by atoms with E-state index in [0.29, 0.717) is 0 Å². The second kappa shape index (κ2) is 5.89. The third kappa shape index (κ3) is 3.17. The normalized spacial score (nSPS) is 12.3. The molecule has 0 saturated carbocycles. The van der Waals surface area contributed by atoms with Gasteiger partial charge in [-0.25, -0.2) is 0 Å². The summed E-state index contributed by atoms with van der Waals surface area (Å²) < 4.78 is 0. The molecule has 0 saturated heterocycles. The molecule has 106 valence electrons. The van der Waals surface area contributed by atoms with Gasteiger partial charge in [0.25, 0.3) is 0 Å². The third-order valence-electron chi connectivity index (χ3n) is 3.45. The van der Waals surface area contributed by atoms with Crippen molar-refractivity contribution in [1.29, 1.82) is 0 Å². The van der Waals surface area contributed by atoms with Crippen LogP contribution in [0, 0.1) is 6.92 Å². The monoisotopic (exact) mass is 278 g/mol. The Morgan fingerprint density at radius 3 is 2.48 bits per heavy atom. The molecule has 3 aromatic rings. The maximum Gasteiger partial charge on any atom is 0.100 e. The zero-order valence-corrected chi connectivity index (χ0v) is 12.0. The van der Waals surface area contributed by atoms with Crippen LogP contribution in [0.15, 0.2) is 60.8 Å². The molecule has 0 aliphatic heterocycles. The topological polar surface area (TPSA) is 56.7 Å². The molecule has 1 atom stereocenters. The molecular formula is C17H18N4. The number of para-hydroxylation sites is 1. The maximum atomic E-state index is 6.24. The van der Waals surface area contributed by atoms with Crippen LogP contribution < -0.4 is 5.73 Å². The maximum absolute atomic E-state index is 6.24. The number of hydrogen-bond donors (Lipinski definition) is 1. The van der Waals surface area contributed by atoms with Crippen molar-refractivity contribution in [3.05, 3.63) is 77.6 Å². The Morgan fingerprint density at radius 2 is 1.76 bits per heavy atom. The fourth-order valence-electron chi connectivity index (χ4n) is 2.21. The highest BCUT2D eigenvalue weighted by Crippen LogP contribution is 2.15. The average molecular weight is 278 g/mol. The molecule has 4 nitrogen and oxygen atoms in total. The van der Waals surface area contributed by atoms with Crippen molar-refractivity contribution in [3.63, 3.8) is 0 Å². The Hall–Kier alpha value is -2.46. The summed E-state index contributed by atoms with van der Waals surface area (Å²) >= 11 is 0. The van der Waals surface area contributed by atoms with E-state index in [9.17, 15) is 0 Å². The van der Waals surface area contributed by atoms with Gasteiger partial charge in [-0.2, -0.15) is 15.0 Å². The fourth-order valence-corrected chi connectivity index (χ4v) is 2.21. The van der Waals surface area contributed by atoms with Crippen LogP contribution in [-0.4, -0.2) is 15.0 Å². The second-order valence-corrected chi connectivity index (χ2v) is 5.19. The van der Waals surface area contributed by atoms with Crippen LogP contribution in [0.2, 0.25) is 0 Å². The Kier molecular flexibility index (Phi) is 3.79. The van der Waals surface area contributed by atoms with Crippen molar-refractivity contribution in [3.8, 4) is 5.69 Å². The van der Waals surface area contributed by atoms with Gasteiger partial charge in [0.15, 0.2) is 0 Å². The van der Waals surface area contributed by atoms with E-state index in [1.54, 1.807) is 11.0 Å². The zero-order chi connectivity index (χ0) is 14.7. The first-order chi connectivity index (χ1) is 10.2. The minimum Gasteiger partial charge on any atom is -0.322 e. The van der Waals surface area contributed by atoms with Gasteiger partial charge in [0.1, 0.15) is 5.69 Å². The van der Waals surface area contributed by atoms with E-state index in [1.165, 1.54) is 11.1 Å². The molecular weight excluding hydrogens is 260 g/mol. The van der Waals surface area contributed by atoms with Gasteiger partial charge >= 0.3 is 0 Å². The molecule has 0 amide bonds. The molecule has 21 heavy (non-hydrogen) atoms. The van der Waals surface area contributed by atoms with Gasteiger partial charge in [0, 0.05) is 0 Å². The number of aryl methyl sites for hydroxylation is 1. The molecule has 1 aromatic heterocycles. The Balaban J connectivity index is 1.75. The lowest BCUT2D eigenvalue weighted by Gasteiger charge is -2.08. The minimum atomic E-state index is -0.148. The molecule has 3 rings (SSSR count). The van der Waals surface area contributed by atoms with Gasteiger partial charge in [0.2, 0.25) is 0 Å². The molecule has 1 heterocycles. The van der Waals surface area contributed by atoms with Crippen LogP contribution >= 0.6 is 0 Å². The van der Waals surface area contributed by atoms with Crippen molar-refractivity contribution in [2.75, 3.05) is 0 Å². The molecule has 0 spiro atoms. The zero-order valence-electron chi connectivity index (χ0n) is 12.0. The molecule has 0 aliphatic carbocycles. The predicted molar refractivity (Wildman–Crippen MR) is 83.2 cm³/mol. The van der Waals surface area contributed by atoms with E-state index in [-0.39, 0.29) is 6.04 Å². The van der Waals surface area contributed by atoms with Crippen LogP contribution in [-0.2, 0) is 6.42 Å². The molecule has 0 bridgehead atoms. The van der Waals surface area contributed by atoms with Crippen LogP contribution in [0.1, 0.15) is 22.9 Å². The first kappa shape index (κ1) is 13.5. The van der Waals surface area contributed by atoms with Gasteiger partial charge in [-0.15, -0.1) is 0 Å². The van der Waals surface area contributed by atoms with Gasteiger partial charge < -0.3 is 5.73 Å². The number of benzene rings is 2. The van der Waals surface area contributed by atoms with Crippen LogP contribution in [0.3, 0.4) is 0 Å². The summed E-state index contributed by atoms with van der Waals surface area (Å²) in [4.78, 5) is 1.62. The van der Waals surface area contributed by atoms with Crippen LogP contribution in [0.4, 0.5) is 0 Å². The predicted octanol–water partition coefficient (Wildman–Crippen LogP) is 2.82. The van der Waals surface area contributed by atoms with Crippen molar-refractivity contribution in [1.82, 2.24) is 15.0 Å². The number of hydrogen-bond acceptors (Lipinski definition) is 3. The summed E-state index contributed by atoms with van der Waals surface area (Å²) in [6.45, 7) is 2.08. The molecule has 2 aromatic carbocycles. The summed E-state index contributed by atoms with van der Waals surface area (Å²) in [6.07, 6.45) is 2.50. The molecule has 2 N–H and O–H groups in total. The lowest BCUT2D eigenvalue weighted by atomic mass is 10.0. The van der Waals surface area contributed by atoms with Gasteiger partial charge in [-0.3, -0.25) is 0 Å². The van der Waals surface area contributed by atoms with Crippen molar-refractivity contribution in [2.24, 2.45) is 5.73 Å². The SMILES string of the molecule is Cc1ccc(CC(N)c2cnn(-c3ccccc3)n2)cc1. The Morgan fingerprint density at radius 1 is 1.05 bits per heavy atom. The summed E-state index contributed by atoms with van der Waals surface area (Å²) in [7, 11) is 0. The van der Waals surface area contributed by atoms with Crippen molar-refractivity contribution in [2.45, 2.75) is 19.4 Å². The summed E-state index contributed by atoms with van der Waals surface area (Å²) in [5, 5.41) is 8.76. The first-order valence-electron chi connectivity index (χ1n) is 7.01. The lowest BCUT2D eigenvalue weighted by molar-refractivity contribution is 0.666. The number of rotatable bonds is 4. The van der Waals surface area contributed by atoms with E-state index in [2.05, 4.69) is 41.4 Å². The third-order valence-corrected chi connectivity index (χ3v) is 3.45.